The summed E-state index contributed by atoms with van der Waals surface area (Å²) in [5.41, 5.74) is 7.31. The number of carbonyl (C=O) groups excluding carboxylic acids is 1. The summed E-state index contributed by atoms with van der Waals surface area (Å²) in [6.07, 6.45) is -3.33. The maximum atomic E-state index is 13.7. The summed E-state index contributed by atoms with van der Waals surface area (Å²) in [4.78, 5) is 11.8. The van der Waals surface area contributed by atoms with Crippen molar-refractivity contribution in [2.24, 2.45) is 11.7 Å². The first-order valence-electron chi connectivity index (χ1n) is 9.73. The van der Waals surface area contributed by atoms with E-state index in [0.29, 0.717) is 16.7 Å². The predicted octanol–water partition coefficient (Wildman–Crippen LogP) is 4.16. The van der Waals surface area contributed by atoms with Crippen molar-refractivity contribution in [3.63, 3.8) is 0 Å². The van der Waals surface area contributed by atoms with Gasteiger partial charge in [0.25, 0.3) is 0 Å². The average molecular weight is 457 g/mol. The van der Waals surface area contributed by atoms with Gasteiger partial charge < -0.3 is 5.73 Å². The van der Waals surface area contributed by atoms with Crippen LogP contribution in [0.4, 0.5) is 13.2 Å². The van der Waals surface area contributed by atoms with E-state index in [9.17, 15) is 26.4 Å². The second-order valence-corrected chi connectivity index (χ2v) is 10.1. The lowest BCUT2D eigenvalue weighted by Gasteiger charge is -2.27. The molecule has 0 fully saturated rings. The number of nitrogens with one attached hydrogen (secondary N) is 1. The molecule has 170 valence electrons. The van der Waals surface area contributed by atoms with Gasteiger partial charge in [-0.05, 0) is 53.6 Å². The van der Waals surface area contributed by atoms with Crippen LogP contribution in [0.2, 0.25) is 0 Å². The van der Waals surface area contributed by atoms with Gasteiger partial charge in [-0.3, -0.25) is 10.1 Å². The number of halogens is 3. The number of alkyl halides is 3. The Morgan fingerprint density at radius 3 is 2.10 bits per heavy atom. The number of carbonyl (C=O) groups is 1. The molecule has 0 radical (unpaired) electrons. The van der Waals surface area contributed by atoms with Gasteiger partial charge in [-0.2, -0.15) is 13.2 Å². The summed E-state index contributed by atoms with van der Waals surface area (Å²) in [7, 11) is -3.36. The molecule has 9 heteroatoms. The van der Waals surface area contributed by atoms with Crippen LogP contribution in [0.25, 0.3) is 11.1 Å². The number of nitrogens with two attached hydrogens (primary N) is 1. The van der Waals surface area contributed by atoms with Crippen molar-refractivity contribution >= 4 is 15.7 Å². The van der Waals surface area contributed by atoms with Crippen LogP contribution in [0, 0.1) is 12.8 Å². The first-order valence-corrected chi connectivity index (χ1v) is 11.6. The van der Waals surface area contributed by atoms with Crippen molar-refractivity contribution in [2.45, 2.75) is 50.3 Å². The zero-order valence-electron chi connectivity index (χ0n) is 17.8. The monoisotopic (exact) mass is 456 g/mol. The zero-order valence-corrected chi connectivity index (χ0v) is 18.6. The third-order valence-corrected chi connectivity index (χ3v) is 6.04. The third kappa shape index (κ3) is 6.54. The zero-order chi connectivity index (χ0) is 23.6. The molecule has 1 amide bonds. The number of primary amides is 1. The fourth-order valence-corrected chi connectivity index (χ4v) is 4.07. The molecule has 2 rings (SSSR count). The van der Waals surface area contributed by atoms with Crippen LogP contribution < -0.4 is 11.1 Å². The summed E-state index contributed by atoms with van der Waals surface area (Å²) in [6, 6.07) is 7.24. The smallest absolute Gasteiger partial charge is 0.368 e. The van der Waals surface area contributed by atoms with Crippen LogP contribution in [-0.4, -0.2) is 32.8 Å². The van der Waals surface area contributed by atoms with Gasteiger partial charge in [0, 0.05) is 6.26 Å². The maximum Gasteiger partial charge on any atom is 0.407 e. The minimum Gasteiger partial charge on any atom is -0.368 e. The Kier molecular flexibility index (Phi) is 7.54. The Morgan fingerprint density at radius 2 is 1.68 bits per heavy atom. The van der Waals surface area contributed by atoms with Gasteiger partial charge in [-0.15, -0.1) is 0 Å². The summed E-state index contributed by atoms with van der Waals surface area (Å²) in [5, 5.41) is 2.37. The van der Waals surface area contributed by atoms with E-state index in [4.69, 9.17) is 5.73 Å². The Labute approximate surface area is 180 Å². The Balaban J connectivity index is 2.37. The fraction of sp³-hybridized carbons (Fsp3) is 0.409. The van der Waals surface area contributed by atoms with E-state index in [1.807, 2.05) is 0 Å². The minimum absolute atomic E-state index is 0.0147. The largest absolute Gasteiger partial charge is 0.407 e. The standard InChI is InChI=1S/C22H27F3N2O3S/c1-13(2)11-19(21(26)28)27-20(22(23,24)25)16-7-5-15(6-8-16)18-10-9-17(12-14(18)3)31(4,29)30/h5-10,12-13,19-20,27H,11H2,1-4H3,(H2,26,28)/t19-,20-/m0/s1. The van der Waals surface area contributed by atoms with E-state index < -0.39 is 34.0 Å². The number of sulfone groups is 1. The molecule has 0 bridgehead atoms. The molecular formula is C22H27F3N2O3S. The van der Waals surface area contributed by atoms with Gasteiger partial charge >= 0.3 is 6.18 Å². The first kappa shape index (κ1) is 24.9. The average Bonchev–Trinajstić information content (AvgIpc) is 2.63. The highest BCUT2D eigenvalue weighted by molar-refractivity contribution is 7.90. The van der Waals surface area contributed by atoms with Crippen molar-refractivity contribution in [2.75, 3.05) is 6.26 Å². The Bertz CT molecular complexity index is 1030. The normalized spacial score (nSPS) is 14.5. The van der Waals surface area contributed by atoms with Crippen molar-refractivity contribution in [3.8, 4) is 11.1 Å². The van der Waals surface area contributed by atoms with Gasteiger partial charge in [-0.1, -0.05) is 44.2 Å². The second kappa shape index (κ2) is 9.40. The number of hydrogen-bond donors (Lipinski definition) is 2. The maximum absolute atomic E-state index is 13.7. The van der Waals surface area contributed by atoms with E-state index >= 15 is 0 Å². The molecule has 5 nitrogen and oxygen atoms in total. The predicted molar refractivity (Wildman–Crippen MR) is 114 cm³/mol. The third-order valence-electron chi connectivity index (χ3n) is 4.93. The highest BCUT2D eigenvalue weighted by Gasteiger charge is 2.42. The fourth-order valence-electron chi connectivity index (χ4n) is 3.36. The van der Waals surface area contributed by atoms with E-state index in [-0.39, 0.29) is 22.8 Å². The molecule has 0 spiro atoms. The van der Waals surface area contributed by atoms with E-state index in [0.717, 1.165) is 6.26 Å². The van der Waals surface area contributed by atoms with Crippen molar-refractivity contribution in [1.82, 2.24) is 5.32 Å². The molecule has 0 aliphatic rings. The number of amides is 1. The molecule has 3 N–H and O–H groups in total. The topological polar surface area (TPSA) is 89.3 Å². The van der Waals surface area contributed by atoms with Crippen molar-refractivity contribution in [3.05, 3.63) is 53.6 Å². The van der Waals surface area contributed by atoms with Gasteiger partial charge in [-0.25, -0.2) is 8.42 Å². The lowest BCUT2D eigenvalue weighted by Crippen LogP contribution is -2.47. The Morgan fingerprint density at radius 1 is 1.10 bits per heavy atom. The minimum atomic E-state index is -4.63. The molecular weight excluding hydrogens is 429 g/mol. The molecule has 2 atom stereocenters. The van der Waals surface area contributed by atoms with E-state index in [2.05, 4.69) is 5.32 Å². The quantitative estimate of drug-likeness (QED) is 0.624. The highest BCUT2D eigenvalue weighted by atomic mass is 32.2. The molecule has 0 saturated heterocycles. The summed E-state index contributed by atoms with van der Waals surface area (Å²) >= 11 is 0. The van der Waals surface area contributed by atoms with E-state index in [1.165, 1.54) is 24.3 Å². The first-order chi connectivity index (χ1) is 14.2. The van der Waals surface area contributed by atoms with Crippen LogP contribution in [0.1, 0.15) is 37.4 Å². The molecule has 0 aliphatic carbocycles. The number of rotatable bonds is 8. The summed E-state index contributed by atoms with van der Waals surface area (Å²) in [5.74, 6) is -0.847. The van der Waals surface area contributed by atoms with E-state index in [1.54, 1.807) is 39.0 Å². The molecule has 0 saturated carbocycles. The number of hydrogen-bond acceptors (Lipinski definition) is 4. The van der Waals surface area contributed by atoms with Crippen molar-refractivity contribution in [1.29, 1.82) is 0 Å². The molecule has 31 heavy (non-hydrogen) atoms. The van der Waals surface area contributed by atoms with Gasteiger partial charge in [0.15, 0.2) is 9.84 Å². The van der Waals surface area contributed by atoms with Gasteiger partial charge in [0.1, 0.15) is 6.04 Å². The van der Waals surface area contributed by atoms with Crippen LogP contribution in [0.5, 0.6) is 0 Å². The molecule has 0 aromatic heterocycles. The lowest BCUT2D eigenvalue weighted by molar-refractivity contribution is -0.160. The van der Waals surface area contributed by atoms with Crippen LogP contribution in [-0.2, 0) is 14.6 Å². The molecule has 2 aromatic carbocycles. The molecule has 0 unspecified atom stereocenters. The van der Waals surface area contributed by atoms with Crippen LogP contribution >= 0.6 is 0 Å². The lowest BCUT2D eigenvalue weighted by atomic mass is 9.96. The summed E-state index contributed by atoms with van der Waals surface area (Å²) in [6.45, 7) is 5.33. The Hall–Kier alpha value is -2.39. The second-order valence-electron chi connectivity index (χ2n) is 8.10. The summed E-state index contributed by atoms with van der Waals surface area (Å²) < 4.78 is 64.6. The number of aryl methyl sites for hydroxylation is 1. The molecule has 0 aliphatic heterocycles. The van der Waals surface area contributed by atoms with Gasteiger partial charge in [0.2, 0.25) is 5.91 Å². The van der Waals surface area contributed by atoms with Gasteiger partial charge in [0.05, 0.1) is 10.9 Å². The van der Waals surface area contributed by atoms with Crippen LogP contribution in [0.3, 0.4) is 0 Å². The molecule has 0 heterocycles. The number of benzene rings is 2. The SMILES string of the molecule is Cc1cc(S(C)(=O)=O)ccc1-c1ccc([C@H](N[C@@H](CC(C)C)C(N)=O)C(F)(F)F)cc1. The highest BCUT2D eigenvalue weighted by Crippen LogP contribution is 2.35. The van der Waals surface area contributed by atoms with Crippen molar-refractivity contribution < 1.29 is 26.4 Å². The molecule has 2 aromatic rings. The van der Waals surface area contributed by atoms with Crippen LogP contribution in [0.15, 0.2) is 47.4 Å².